The van der Waals surface area contributed by atoms with Gasteiger partial charge in [-0.2, -0.15) is 0 Å². The highest BCUT2D eigenvalue weighted by atomic mass is 16.5. The molecular weight excluding hydrogens is 420 g/mol. The summed E-state index contributed by atoms with van der Waals surface area (Å²) in [6.45, 7) is 0.0324. The van der Waals surface area contributed by atoms with Gasteiger partial charge in [0.15, 0.2) is 6.29 Å². The maximum absolute atomic E-state index is 13.0. The molecule has 0 bridgehead atoms. The molecule has 0 fully saturated rings. The average molecular weight is 438 g/mol. The normalized spacial score (nSPS) is 12.8. The molecular formula is C26H18N2O5. The lowest BCUT2D eigenvalue weighted by Crippen LogP contribution is -2.35. The van der Waals surface area contributed by atoms with Gasteiger partial charge in [0, 0.05) is 19.2 Å². The van der Waals surface area contributed by atoms with Crippen molar-refractivity contribution < 1.29 is 19.1 Å². The van der Waals surface area contributed by atoms with Gasteiger partial charge in [0.1, 0.15) is 11.5 Å². The van der Waals surface area contributed by atoms with E-state index in [0.29, 0.717) is 39.8 Å². The van der Waals surface area contributed by atoms with Gasteiger partial charge in [-0.1, -0.05) is 30.3 Å². The number of carbonyl (C=O) groups is 3. The van der Waals surface area contributed by atoms with Crippen LogP contribution in [0.15, 0.2) is 83.7 Å². The molecule has 0 unspecified atom stereocenters. The number of imide groups is 1. The van der Waals surface area contributed by atoms with E-state index >= 15 is 0 Å². The zero-order valence-corrected chi connectivity index (χ0v) is 17.4. The number of hydrogen-bond acceptors (Lipinski definition) is 5. The second-order valence-electron chi connectivity index (χ2n) is 7.62. The Bertz CT molecular complexity index is 1440. The van der Waals surface area contributed by atoms with Gasteiger partial charge in [0.2, 0.25) is 0 Å². The number of rotatable bonds is 6. The van der Waals surface area contributed by atoms with Crippen LogP contribution in [0.3, 0.4) is 0 Å². The molecule has 0 atom stereocenters. The quantitative estimate of drug-likeness (QED) is 0.337. The molecule has 162 valence electrons. The first kappa shape index (κ1) is 20.4. The molecule has 4 aromatic rings. The summed E-state index contributed by atoms with van der Waals surface area (Å²) in [7, 11) is 0. The minimum Gasteiger partial charge on any atom is -0.457 e. The molecule has 33 heavy (non-hydrogen) atoms. The first-order valence-electron chi connectivity index (χ1n) is 10.4. The third-order valence-corrected chi connectivity index (χ3v) is 5.63. The summed E-state index contributed by atoms with van der Waals surface area (Å²) in [4.78, 5) is 51.0. The predicted octanol–water partition coefficient (Wildman–Crippen LogP) is 3.90. The van der Waals surface area contributed by atoms with Crippen LogP contribution in [0.4, 0.5) is 0 Å². The number of pyridine rings is 1. The molecule has 2 heterocycles. The van der Waals surface area contributed by atoms with Crippen LogP contribution in [0.2, 0.25) is 0 Å². The minimum atomic E-state index is -0.494. The highest BCUT2D eigenvalue weighted by molar-refractivity contribution is 6.21. The molecule has 2 amide bonds. The Balaban J connectivity index is 1.51. The van der Waals surface area contributed by atoms with Gasteiger partial charge in [-0.25, -0.2) is 0 Å². The molecule has 1 aliphatic heterocycles. The maximum atomic E-state index is 13.0. The fourth-order valence-electron chi connectivity index (χ4n) is 4.01. The summed E-state index contributed by atoms with van der Waals surface area (Å²) in [6, 6.07) is 22.6. The van der Waals surface area contributed by atoms with E-state index in [0.717, 1.165) is 4.90 Å². The Morgan fingerprint density at radius 2 is 1.39 bits per heavy atom. The molecule has 0 spiro atoms. The molecule has 0 saturated heterocycles. The summed E-state index contributed by atoms with van der Waals surface area (Å²) in [6.07, 6.45) is 0.509. The molecule has 0 aliphatic carbocycles. The van der Waals surface area contributed by atoms with Crippen LogP contribution in [-0.2, 0) is 6.54 Å². The SMILES string of the molecule is O=Cc1cc2ccc(Oc3ccccc3)cc2n(CCN2C(=O)c3ccccc3C2=O)c1=O. The fraction of sp³-hybridized carbons (Fsp3) is 0.0769. The van der Waals surface area contributed by atoms with E-state index in [2.05, 4.69) is 0 Å². The van der Waals surface area contributed by atoms with Crippen LogP contribution in [0.5, 0.6) is 11.5 Å². The van der Waals surface area contributed by atoms with Crippen LogP contribution in [-0.4, -0.2) is 34.1 Å². The van der Waals surface area contributed by atoms with Crippen molar-refractivity contribution in [2.24, 2.45) is 0 Å². The Hall–Kier alpha value is -4.52. The Morgan fingerprint density at radius 1 is 0.727 bits per heavy atom. The molecule has 0 saturated carbocycles. The van der Waals surface area contributed by atoms with Crippen molar-refractivity contribution in [3.8, 4) is 11.5 Å². The van der Waals surface area contributed by atoms with E-state index in [-0.39, 0.29) is 18.7 Å². The number of nitrogens with zero attached hydrogens (tertiary/aromatic N) is 2. The summed E-state index contributed by atoms with van der Waals surface area (Å²) in [5.41, 5.74) is 0.739. The molecule has 1 aromatic heterocycles. The van der Waals surface area contributed by atoms with Gasteiger partial charge in [0.25, 0.3) is 17.4 Å². The fourth-order valence-corrected chi connectivity index (χ4v) is 4.01. The number of fused-ring (bicyclic) bond motifs is 2. The van der Waals surface area contributed by atoms with E-state index in [9.17, 15) is 19.2 Å². The van der Waals surface area contributed by atoms with Crippen molar-refractivity contribution in [1.29, 1.82) is 0 Å². The number of benzene rings is 3. The van der Waals surface area contributed by atoms with Crippen LogP contribution in [0, 0.1) is 0 Å². The number of amides is 2. The van der Waals surface area contributed by atoms with Crippen molar-refractivity contribution in [2.75, 3.05) is 6.54 Å². The van der Waals surface area contributed by atoms with E-state index in [1.54, 1.807) is 42.5 Å². The van der Waals surface area contributed by atoms with E-state index < -0.39 is 17.4 Å². The molecule has 0 radical (unpaired) electrons. The van der Waals surface area contributed by atoms with Crippen molar-refractivity contribution in [2.45, 2.75) is 6.54 Å². The number of aldehydes is 1. The van der Waals surface area contributed by atoms with Crippen LogP contribution in [0.1, 0.15) is 31.1 Å². The Morgan fingerprint density at radius 3 is 2.06 bits per heavy atom. The first-order chi connectivity index (χ1) is 16.1. The highest BCUT2D eigenvalue weighted by Crippen LogP contribution is 2.26. The zero-order chi connectivity index (χ0) is 22.9. The summed E-state index contributed by atoms with van der Waals surface area (Å²) in [5.74, 6) is 0.364. The first-order valence-corrected chi connectivity index (χ1v) is 10.4. The number of hydrogen-bond donors (Lipinski definition) is 0. The summed E-state index contributed by atoms with van der Waals surface area (Å²) >= 11 is 0. The lowest BCUT2D eigenvalue weighted by molar-refractivity contribution is 0.0648. The van der Waals surface area contributed by atoms with E-state index in [1.165, 1.54) is 10.6 Å². The second-order valence-corrected chi connectivity index (χ2v) is 7.62. The number of para-hydroxylation sites is 1. The third-order valence-electron chi connectivity index (χ3n) is 5.63. The van der Waals surface area contributed by atoms with Gasteiger partial charge in [0.05, 0.1) is 22.2 Å². The molecule has 1 aliphatic rings. The highest BCUT2D eigenvalue weighted by Gasteiger charge is 2.34. The molecule has 3 aromatic carbocycles. The number of ether oxygens (including phenoxy) is 1. The molecule has 0 N–H and O–H groups in total. The second kappa shape index (κ2) is 8.20. The Kier molecular flexibility index (Phi) is 5.06. The van der Waals surface area contributed by atoms with Crippen molar-refractivity contribution >= 4 is 29.0 Å². The van der Waals surface area contributed by atoms with Crippen LogP contribution in [0.25, 0.3) is 10.9 Å². The minimum absolute atomic E-state index is 0.00147. The van der Waals surface area contributed by atoms with Gasteiger partial charge in [-0.15, -0.1) is 0 Å². The standard InChI is InChI=1S/C26H18N2O5/c29-16-18-14-17-10-11-20(33-19-6-2-1-3-7-19)15-23(17)27(24(18)30)12-13-28-25(31)21-8-4-5-9-22(21)26(28)32/h1-11,14-16H,12-13H2. The lowest BCUT2D eigenvalue weighted by Gasteiger charge is -2.17. The van der Waals surface area contributed by atoms with Gasteiger partial charge in [-0.05, 0) is 47.9 Å². The maximum Gasteiger partial charge on any atom is 0.261 e. The lowest BCUT2D eigenvalue weighted by atomic mass is 10.1. The summed E-state index contributed by atoms with van der Waals surface area (Å²) < 4.78 is 7.29. The predicted molar refractivity (Wildman–Crippen MR) is 122 cm³/mol. The average Bonchev–Trinajstić information content (AvgIpc) is 3.09. The Labute approximate surface area is 188 Å². The zero-order valence-electron chi connectivity index (χ0n) is 17.4. The topological polar surface area (TPSA) is 85.7 Å². The number of carbonyl (C=O) groups excluding carboxylic acids is 3. The summed E-state index contributed by atoms with van der Waals surface area (Å²) in [5, 5.41) is 0.666. The van der Waals surface area contributed by atoms with Gasteiger partial charge >= 0.3 is 0 Å². The third kappa shape index (κ3) is 3.59. The molecule has 7 nitrogen and oxygen atoms in total. The largest absolute Gasteiger partial charge is 0.457 e. The van der Waals surface area contributed by atoms with Gasteiger partial charge in [-0.3, -0.25) is 24.1 Å². The smallest absolute Gasteiger partial charge is 0.261 e. The molecule has 7 heteroatoms. The van der Waals surface area contributed by atoms with Crippen molar-refractivity contribution in [3.63, 3.8) is 0 Å². The van der Waals surface area contributed by atoms with Gasteiger partial charge < -0.3 is 9.30 Å². The van der Waals surface area contributed by atoms with E-state index in [4.69, 9.17) is 4.74 Å². The molecule has 5 rings (SSSR count). The van der Waals surface area contributed by atoms with E-state index in [1.807, 2.05) is 30.3 Å². The van der Waals surface area contributed by atoms with Crippen LogP contribution < -0.4 is 10.3 Å². The number of aromatic nitrogens is 1. The monoisotopic (exact) mass is 438 g/mol. The van der Waals surface area contributed by atoms with Crippen molar-refractivity contribution in [3.05, 3.63) is 106 Å². The van der Waals surface area contributed by atoms with Crippen LogP contribution >= 0.6 is 0 Å². The van der Waals surface area contributed by atoms with Crippen molar-refractivity contribution in [1.82, 2.24) is 9.47 Å².